The number of fused-ring (bicyclic) bond motifs is 2. The Morgan fingerprint density at radius 1 is 1.00 bits per heavy atom. The fraction of sp³-hybridized carbons (Fsp3) is 0.174. The molecule has 2 aromatic carbocycles. The SMILES string of the molecule is COc1ccc(OC)c([C@H]2c3c(oc4cc(OC)ccc4c3=O)C(=O)N2c2nccs2)c1. The van der Waals surface area contributed by atoms with E-state index in [-0.39, 0.29) is 22.3 Å². The molecular weight excluding hydrogens is 432 g/mol. The molecule has 4 aromatic rings. The van der Waals surface area contributed by atoms with E-state index < -0.39 is 11.9 Å². The molecule has 0 saturated carbocycles. The fourth-order valence-electron chi connectivity index (χ4n) is 3.96. The quantitative estimate of drug-likeness (QED) is 0.453. The lowest BCUT2D eigenvalue weighted by Gasteiger charge is -2.24. The van der Waals surface area contributed by atoms with E-state index >= 15 is 0 Å². The van der Waals surface area contributed by atoms with Crippen LogP contribution in [0.3, 0.4) is 0 Å². The molecule has 0 unspecified atom stereocenters. The summed E-state index contributed by atoms with van der Waals surface area (Å²) in [6.45, 7) is 0. The van der Waals surface area contributed by atoms with Gasteiger partial charge in [0, 0.05) is 23.2 Å². The van der Waals surface area contributed by atoms with Crippen LogP contribution in [0.5, 0.6) is 17.2 Å². The van der Waals surface area contributed by atoms with E-state index in [9.17, 15) is 9.59 Å². The Morgan fingerprint density at radius 2 is 1.75 bits per heavy atom. The second kappa shape index (κ2) is 7.69. The second-order valence-corrected chi connectivity index (χ2v) is 7.91. The Kier molecular flexibility index (Phi) is 4.82. The van der Waals surface area contributed by atoms with E-state index in [0.717, 1.165) is 0 Å². The minimum atomic E-state index is -0.795. The second-order valence-electron chi connectivity index (χ2n) is 7.04. The minimum Gasteiger partial charge on any atom is -0.497 e. The first-order chi connectivity index (χ1) is 15.6. The largest absolute Gasteiger partial charge is 0.497 e. The molecule has 3 heterocycles. The van der Waals surface area contributed by atoms with Gasteiger partial charge in [-0.3, -0.25) is 14.5 Å². The zero-order valence-corrected chi connectivity index (χ0v) is 18.3. The number of nitrogens with zero attached hydrogens (tertiary/aromatic N) is 2. The summed E-state index contributed by atoms with van der Waals surface area (Å²) in [5.74, 6) is 1.12. The van der Waals surface area contributed by atoms with Crippen molar-refractivity contribution < 1.29 is 23.4 Å². The molecule has 5 rings (SSSR count). The van der Waals surface area contributed by atoms with Crippen molar-refractivity contribution in [2.24, 2.45) is 0 Å². The zero-order chi connectivity index (χ0) is 22.4. The maximum Gasteiger partial charge on any atom is 0.297 e. The number of rotatable bonds is 5. The van der Waals surface area contributed by atoms with Gasteiger partial charge in [-0.2, -0.15) is 0 Å². The third-order valence-corrected chi connectivity index (χ3v) is 6.21. The van der Waals surface area contributed by atoms with Crippen molar-refractivity contribution in [1.29, 1.82) is 0 Å². The van der Waals surface area contributed by atoms with Gasteiger partial charge in [0.1, 0.15) is 28.9 Å². The molecule has 1 aliphatic heterocycles. The zero-order valence-electron chi connectivity index (χ0n) is 17.4. The van der Waals surface area contributed by atoms with Crippen molar-refractivity contribution in [2.45, 2.75) is 6.04 Å². The van der Waals surface area contributed by atoms with Crippen LogP contribution in [0, 0.1) is 0 Å². The number of carbonyl (C=O) groups excluding carboxylic acids is 1. The highest BCUT2D eigenvalue weighted by atomic mass is 32.1. The highest BCUT2D eigenvalue weighted by molar-refractivity contribution is 7.13. The summed E-state index contributed by atoms with van der Waals surface area (Å²) in [7, 11) is 4.60. The summed E-state index contributed by atoms with van der Waals surface area (Å²) in [6, 6.07) is 9.37. The van der Waals surface area contributed by atoms with Gasteiger partial charge in [0.25, 0.3) is 5.91 Å². The summed E-state index contributed by atoms with van der Waals surface area (Å²) in [4.78, 5) is 33.0. The van der Waals surface area contributed by atoms with Gasteiger partial charge in [-0.25, -0.2) is 4.98 Å². The van der Waals surface area contributed by atoms with E-state index in [1.807, 2.05) is 0 Å². The van der Waals surface area contributed by atoms with Crippen LogP contribution in [-0.2, 0) is 0 Å². The number of hydrogen-bond acceptors (Lipinski definition) is 8. The molecule has 0 spiro atoms. The Bertz CT molecular complexity index is 1400. The number of aromatic nitrogens is 1. The van der Waals surface area contributed by atoms with Gasteiger partial charge < -0.3 is 18.6 Å². The van der Waals surface area contributed by atoms with Crippen LogP contribution in [-0.4, -0.2) is 32.2 Å². The monoisotopic (exact) mass is 450 g/mol. The van der Waals surface area contributed by atoms with Crippen LogP contribution < -0.4 is 24.5 Å². The average Bonchev–Trinajstić information content (AvgIpc) is 3.45. The number of ether oxygens (including phenoxy) is 3. The number of anilines is 1. The molecule has 1 amide bonds. The lowest BCUT2D eigenvalue weighted by Crippen LogP contribution is -2.29. The number of amides is 1. The molecule has 32 heavy (non-hydrogen) atoms. The third-order valence-electron chi connectivity index (χ3n) is 5.44. The van der Waals surface area contributed by atoms with Crippen molar-refractivity contribution in [3.8, 4) is 17.2 Å². The van der Waals surface area contributed by atoms with Crippen LogP contribution in [0.1, 0.15) is 27.7 Å². The van der Waals surface area contributed by atoms with Crippen LogP contribution in [0.4, 0.5) is 5.13 Å². The summed E-state index contributed by atoms with van der Waals surface area (Å²) >= 11 is 1.29. The van der Waals surface area contributed by atoms with Crippen LogP contribution >= 0.6 is 11.3 Å². The molecule has 1 aliphatic rings. The Balaban J connectivity index is 1.84. The predicted molar refractivity (Wildman–Crippen MR) is 119 cm³/mol. The van der Waals surface area contributed by atoms with Gasteiger partial charge in [0.2, 0.25) is 5.76 Å². The molecule has 162 valence electrons. The first-order valence-corrected chi connectivity index (χ1v) is 10.5. The first-order valence-electron chi connectivity index (χ1n) is 9.67. The van der Waals surface area contributed by atoms with Gasteiger partial charge in [0.15, 0.2) is 10.6 Å². The Labute approximate surface area is 186 Å². The Morgan fingerprint density at radius 3 is 2.44 bits per heavy atom. The summed E-state index contributed by atoms with van der Waals surface area (Å²) in [5.41, 5.74) is 0.800. The molecule has 0 saturated heterocycles. The maximum atomic E-state index is 13.6. The number of thiazole rings is 1. The molecule has 1 atom stereocenters. The van der Waals surface area contributed by atoms with Gasteiger partial charge >= 0.3 is 0 Å². The molecular formula is C23H18N2O6S. The first kappa shape index (κ1) is 20.1. The maximum absolute atomic E-state index is 13.6. The Hall–Kier alpha value is -3.85. The molecule has 0 fully saturated rings. The molecule has 8 nitrogen and oxygen atoms in total. The highest BCUT2D eigenvalue weighted by Crippen LogP contribution is 2.45. The summed E-state index contributed by atoms with van der Waals surface area (Å²) < 4.78 is 22.2. The van der Waals surface area contributed by atoms with Crippen molar-refractivity contribution in [1.82, 2.24) is 4.98 Å². The van der Waals surface area contributed by atoms with E-state index in [1.54, 1.807) is 55.1 Å². The highest BCUT2D eigenvalue weighted by Gasteiger charge is 2.46. The van der Waals surface area contributed by atoms with Crippen molar-refractivity contribution >= 4 is 33.3 Å². The lowest BCUT2D eigenvalue weighted by atomic mass is 9.97. The van der Waals surface area contributed by atoms with E-state index in [4.69, 9.17) is 18.6 Å². The molecule has 0 aliphatic carbocycles. The van der Waals surface area contributed by atoms with Gasteiger partial charge in [-0.1, -0.05) is 0 Å². The van der Waals surface area contributed by atoms with Crippen LogP contribution in [0.2, 0.25) is 0 Å². The minimum absolute atomic E-state index is 0.0270. The van der Waals surface area contributed by atoms with Gasteiger partial charge in [-0.15, -0.1) is 11.3 Å². The van der Waals surface area contributed by atoms with E-state index in [2.05, 4.69) is 4.98 Å². The number of carbonyl (C=O) groups is 1. The predicted octanol–water partition coefficient (Wildman–Crippen LogP) is 4.03. The van der Waals surface area contributed by atoms with Crippen molar-refractivity contribution in [3.63, 3.8) is 0 Å². The van der Waals surface area contributed by atoms with E-state index in [1.165, 1.54) is 30.5 Å². The summed E-state index contributed by atoms with van der Waals surface area (Å²) in [5, 5.41) is 2.56. The standard InChI is InChI=1S/C23H18N2O6S/c1-28-12-5-7-16(30-3)15(10-12)19-18-20(26)14-6-4-13(29-2)11-17(14)31-21(18)22(27)25(19)23-24-8-9-32-23/h4-11,19H,1-3H3/t19-/m0/s1. The van der Waals surface area contributed by atoms with Gasteiger partial charge in [0.05, 0.1) is 32.3 Å². The fourth-order valence-corrected chi connectivity index (χ4v) is 4.62. The normalized spacial score (nSPS) is 15.2. The van der Waals surface area contributed by atoms with Gasteiger partial charge in [-0.05, 0) is 30.3 Å². The number of benzene rings is 2. The topological polar surface area (TPSA) is 91.1 Å². The van der Waals surface area contributed by atoms with Crippen LogP contribution in [0.15, 0.2) is 57.2 Å². The van der Waals surface area contributed by atoms with Crippen LogP contribution in [0.25, 0.3) is 11.0 Å². The number of methoxy groups -OCH3 is 3. The molecule has 0 bridgehead atoms. The lowest BCUT2D eigenvalue weighted by molar-refractivity contribution is 0.0970. The van der Waals surface area contributed by atoms with Crippen molar-refractivity contribution in [2.75, 3.05) is 26.2 Å². The molecule has 0 radical (unpaired) electrons. The van der Waals surface area contributed by atoms with Crippen molar-refractivity contribution in [3.05, 3.63) is 75.1 Å². The number of hydrogen-bond donors (Lipinski definition) is 0. The summed E-state index contributed by atoms with van der Waals surface area (Å²) in [6.07, 6.45) is 1.60. The molecule has 2 aromatic heterocycles. The average molecular weight is 450 g/mol. The molecule has 9 heteroatoms. The smallest absolute Gasteiger partial charge is 0.297 e. The van der Waals surface area contributed by atoms with E-state index in [0.29, 0.717) is 33.3 Å². The molecule has 0 N–H and O–H groups in total. The third kappa shape index (κ3) is 2.93.